The zero-order valence-electron chi connectivity index (χ0n) is 15.4. The third-order valence-electron chi connectivity index (χ3n) is 4.85. The Kier molecular flexibility index (Phi) is 5.06. The number of nitrogens with zero attached hydrogens (tertiary/aromatic N) is 1. The van der Waals surface area contributed by atoms with E-state index in [0.717, 1.165) is 6.42 Å². The van der Waals surface area contributed by atoms with E-state index in [9.17, 15) is 9.59 Å². The van der Waals surface area contributed by atoms with E-state index in [0.29, 0.717) is 30.0 Å². The standard InChI is InChI=1S/C23H21N3O2/c27-22(18-7-2-1-3-8-18)24-20-10-12-21(13-11-20)25-23(28)26-15-14-17-6-4-5-9-19(17)16-26/h1-13H,14-16H2,(H,24,27)(H,25,28). The van der Waals surface area contributed by atoms with Crippen molar-refractivity contribution in [2.45, 2.75) is 13.0 Å². The van der Waals surface area contributed by atoms with Crippen LogP contribution < -0.4 is 10.6 Å². The van der Waals surface area contributed by atoms with Crippen LogP contribution in [0.2, 0.25) is 0 Å². The summed E-state index contributed by atoms with van der Waals surface area (Å²) in [5.74, 6) is -0.163. The molecule has 0 atom stereocenters. The van der Waals surface area contributed by atoms with Crippen molar-refractivity contribution in [1.82, 2.24) is 4.90 Å². The summed E-state index contributed by atoms with van der Waals surface area (Å²) >= 11 is 0. The minimum absolute atomic E-state index is 0.115. The number of fused-ring (bicyclic) bond motifs is 1. The van der Waals surface area contributed by atoms with Crippen molar-refractivity contribution in [3.8, 4) is 0 Å². The summed E-state index contributed by atoms with van der Waals surface area (Å²) in [4.78, 5) is 26.6. The van der Waals surface area contributed by atoms with Crippen LogP contribution in [0.5, 0.6) is 0 Å². The number of nitrogens with one attached hydrogen (secondary N) is 2. The zero-order valence-corrected chi connectivity index (χ0v) is 15.4. The Morgan fingerprint density at radius 1 is 0.714 bits per heavy atom. The minimum atomic E-state index is -0.163. The zero-order chi connectivity index (χ0) is 19.3. The highest BCUT2D eigenvalue weighted by Crippen LogP contribution is 2.20. The van der Waals surface area contributed by atoms with Gasteiger partial charge < -0.3 is 15.5 Å². The molecule has 1 aliphatic heterocycles. The molecule has 4 rings (SSSR count). The number of amides is 3. The number of hydrogen-bond acceptors (Lipinski definition) is 2. The lowest BCUT2D eigenvalue weighted by Crippen LogP contribution is -2.38. The number of carbonyl (C=O) groups excluding carboxylic acids is 2. The molecule has 3 aromatic carbocycles. The Bertz CT molecular complexity index is 984. The van der Waals surface area contributed by atoms with E-state index in [4.69, 9.17) is 0 Å². The quantitative estimate of drug-likeness (QED) is 0.711. The molecule has 2 N–H and O–H groups in total. The van der Waals surface area contributed by atoms with Gasteiger partial charge in [0.1, 0.15) is 0 Å². The summed E-state index contributed by atoms with van der Waals surface area (Å²) in [6.45, 7) is 1.32. The molecule has 3 aromatic rings. The normalized spacial score (nSPS) is 12.8. The van der Waals surface area contributed by atoms with E-state index < -0.39 is 0 Å². The maximum absolute atomic E-state index is 12.6. The number of urea groups is 1. The van der Waals surface area contributed by atoms with E-state index in [1.165, 1.54) is 11.1 Å². The van der Waals surface area contributed by atoms with Crippen LogP contribution >= 0.6 is 0 Å². The van der Waals surface area contributed by atoms with Crippen LogP contribution in [0, 0.1) is 0 Å². The molecular formula is C23H21N3O2. The van der Waals surface area contributed by atoms with Crippen LogP contribution in [0.15, 0.2) is 78.9 Å². The Hall–Kier alpha value is -3.60. The molecule has 3 amide bonds. The fourth-order valence-electron chi connectivity index (χ4n) is 3.30. The van der Waals surface area contributed by atoms with Gasteiger partial charge in [0.25, 0.3) is 5.91 Å². The van der Waals surface area contributed by atoms with Crippen LogP contribution in [-0.2, 0) is 13.0 Å². The average molecular weight is 371 g/mol. The molecule has 140 valence electrons. The van der Waals surface area contributed by atoms with Crippen molar-refractivity contribution in [1.29, 1.82) is 0 Å². The molecule has 0 radical (unpaired) electrons. The Morgan fingerprint density at radius 3 is 2.04 bits per heavy atom. The van der Waals surface area contributed by atoms with Crippen LogP contribution in [-0.4, -0.2) is 23.4 Å². The molecule has 5 heteroatoms. The Balaban J connectivity index is 1.36. The predicted molar refractivity (Wildman–Crippen MR) is 110 cm³/mol. The van der Waals surface area contributed by atoms with Gasteiger partial charge in [0.2, 0.25) is 0 Å². The van der Waals surface area contributed by atoms with Gasteiger partial charge in [-0.1, -0.05) is 42.5 Å². The number of rotatable bonds is 3. The maximum atomic E-state index is 12.6. The number of hydrogen-bond donors (Lipinski definition) is 2. The van der Waals surface area contributed by atoms with Crippen molar-refractivity contribution >= 4 is 23.3 Å². The largest absolute Gasteiger partial charge is 0.322 e. The lowest BCUT2D eigenvalue weighted by Gasteiger charge is -2.29. The Morgan fingerprint density at radius 2 is 1.32 bits per heavy atom. The van der Waals surface area contributed by atoms with Gasteiger partial charge in [0, 0.05) is 30.0 Å². The minimum Gasteiger partial charge on any atom is -0.322 e. The van der Waals surface area contributed by atoms with E-state index >= 15 is 0 Å². The topological polar surface area (TPSA) is 61.4 Å². The molecule has 0 fully saturated rings. The average Bonchev–Trinajstić information content (AvgIpc) is 2.75. The Labute approximate surface area is 164 Å². The SMILES string of the molecule is O=C(Nc1ccc(NC(=O)N2CCc3ccccc3C2)cc1)c1ccccc1. The summed E-state index contributed by atoms with van der Waals surface area (Å²) in [6, 6.07) is 24.3. The van der Waals surface area contributed by atoms with E-state index in [-0.39, 0.29) is 11.9 Å². The van der Waals surface area contributed by atoms with Gasteiger partial charge in [0.05, 0.1) is 0 Å². The second-order valence-electron chi connectivity index (χ2n) is 6.77. The van der Waals surface area contributed by atoms with Crippen LogP contribution in [0.4, 0.5) is 16.2 Å². The van der Waals surface area contributed by atoms with E-state index in [1.807, 2.05) is 35.2 Å². The molecule has 28 heavy (non-hydrogen) atoms. The van der Waals surface area contributed by atoms with Gasteiger partial charge in [-0.2, -0.15) is 0 Å². The molecule has 0 unspecified atom stereocenters. The number of anilines is 2. The first-order valence-corrected chi connectivity index (χ1v) is 9.28. The van der Waals surface area contributed by atoms with Crippen molar-refractivity contribution < 1.29 is 9.59 Å². The lowest BCUT2D eigenvalue weighted by atomic mass is 10.0. The van der Waals surface area contributed by atoms with Gasteiger partial charge in [-0.25, -0.2) is 4.79 Å². The van der Waals surface area contributed by atoms with Crippen LogP contribution in [0.1, 0.15) is 21.5 Å². The van der Waals surface area contributed by atoms with Gasteiger partial charge >= 0.3 is 6.03 Å². The first kappa shape index (κ1) is 17.8. The maximum Gasteiger partial charge on any atom is 0.322 e. The summed E-state index contributed by atoms with van der Waals surface area (Å²) in [7, 11) is 0. The summed E-state index contributed by atoms with van der Waals surface area (Å²) in [5, 5.41) is 5.78. The monoisotopic (exact) mass is 371 g/mol. The van der Waals surface area contributed by atoms with Crippen molar-refractivity contribution in [2.24, 2.45) is 0 Å². The molecule has 0 saturated carbocycles. The van der Waals surface area contributed by atoms with E-state index in [1.54, 1.807) is 36.4 Å². The smallest absolute Gasteiger partial charge is 0.322 e. The van der Waals surface area contributed by atoms with Crippen LogP contribution in [0.25, 0.3) is 0 Å². The van der Waals surface area contributed by atoms with E-state index in [2.05, 4.69) is 22.8 Å². The third kappa shape index (κ3) is 4.04. The first-order chi connectivity index (χ1) is 13.7. The molecule has 0 saturated heterocycles. The lowest BCUT2D eigenvalue weighted by molar-refractivity contribution is 0.102. The molecule has 0 aromatic heterocycles. The summed E-state index contributed by atoms with van der Waals surface area (Å²) in [6.07, 6.45) is 0.869. The predicted octanol–water partition coefficient (Wildman–Crippen LogP) is 4.53. The van der Waals surface area contributed by atoms with Crippen molar-refractivity contribution in [2.75, 3.05) is 17.2 Å². The molecule has 0 bridgehead atoms. The van der Waals surface area contributed by atoms with Crippen LogP contribution in [0.3, 0.4) is 0 Å². The van der Waals surface area contributed by atoms with Crippen molar-refractivity contribution in [3.05, 3.63) is 95.6 Å². The van der Waals surface area contributed by atoms with Gasteiger partial charge in [-0.15, -0.1) is 0 Å². The number of benzene rings is 3. The molecular weight excluding hydrogens is 350 g/mol. The first-order valence-electron chi connectivity index (χ1n) is 9.28. The van der Waals surface area contributed by atoms with Gasteiger partial charge in [-0.05, 0) is 53.9 Å². The second-order valence-corrected chi connectivity index (χ2v) is 6.77. The van der Waals surface area contributed by atoms with Gasteiger partial charge in [0.15, 0.2) is 0 Å². The highest BCUT2D eigenvalue weighted by molar-refractivity contribution is 6.04. The molecule has 5 nitrogen and oxygen atoms in total. The molecule has 1 heterocycles. The summed E-state index contributed by atoms with van der Waals surface area (Å²) < 4.78 is 0. The second kappa shape index (κ2) is 7.96. The van der Waals surface area contributed by atoms with Crippen molar-refractivity contribution in [3.63, 3.8) is 0 Å². The number of carbonyl (C=O) groups is 2. The summed E-state index contributed by atoms with van der Waals surface area (Å²) in [5.41, 5.74) is 4.48. The highest BCUT2D eigenvalue weighted by atomic mass is 16.2. The fraction of sp³-hybridized carbons (Fsp3) is 0.130. The fourth-order valence-corrected chi connectivity index (χ4v) is 3.30. The molecule has 1 aliphatic rings. The molecule has 0 spiro atoms. The molecule has 0 aliphatic carbocycles. The third-order valence-corrected chi connectivity index (χ3v) is 4.85. The van der Waals surface area contributed by atoms with Gasteiger partial charge in [-0.3, -0.25) is 4.79 Å². The highest BCUT2D eigenvalue weighted by Gasteiger charge is 2.20.